The summed E-state index contributed by atoms with van der Waals surface area (Å²) in [6, 6.07) is 0. The van der Waals surface area contributed by atoms with Crippen molar-refractivity contribution in [1.82, 2.24) is 18.8 Å². The molecule has 0 saturated carbocycles. The number of hydrogen-bond donors (Lipinski definition) is 0. The molecule has 0 saturated heterocycles. The van der Waals surface area contributed by atoms with Crippen LogP contribution in [0.4, 0.5) is 0 Å². The number of carbonyl (C=O) groups excluding carboxylic acids is 2. The predicted molar refractivity (Wildman–Crippen MR) is 109 cm³/mol. The molecule has 0 N–H and O–H groups in total. The number of carbonyl (C=O) groups is 2. The van der Waals surface area contributed by atoms with Crippen molar-refractivity contribution in [1.29, 1.82) is 0 Å². The second-order valence-corrected chi connectivity index (χ2v) is 10.6. The Labute approximate surface area is 177 Å². The minimum Gasteiger partial charge on any atom is -0.465 e. The van der Waals surface area contributed by atoms with E-state index in [1.165, 1.54) is 18.5 Å². The maximum absolute atomic E-state index is 13.1. The van der Waals surface area contributed by atoms with Crippen molar-refractivity contribution in [2.75, 3.05) is 27.2 Å². The largest absolute Gasteiger partial charge is 0.465 e. The first-order chi connectivity index (χ1) is 13.8. The Kier molecular flexibility index (Phi) is 6.66. The average Bonchev–Trinajstić information content (AvgIpc) is 3.38. The predicted octanol–water partition coefficient (Wildman–Crippen LogP) is 2.01. The van der Waals surface area contributed by atoms with E-state index >= 15 is 0 Å². The molecule has 1 amide bonds. The lowest BCUT2D eigenvalue weighted by atomic mass is 10.0. The van der Waals surface area contributed by atoms with Gasteiger partial charge in [0.1, 0.15) is 4.21 Å². The molecular formula is C17H22N4O5S3. The van der Waals surface area contributed by atoms with E-state index in [1.54, 1.807) is 10.3 Å². The van der Waals surface area contributed by atoms with Gasteiger partial charge >= 0.3 is 5.97 Å². The van der Waals surface area contributed by atoms with Crippen LogP contribution in [-0.4, -0.2) is 66.3 Å². The first-order valence-electron chi connectivity index (χ1n) is 9.06. The van der Waals surface area contributed by atoms with Crippen LogP contribution in [0.2, 0.25) is 0 Å². The Hall–Kier alpha value is -1.89. The van der Waals surface area contributed by atoms with Crippen molar-refractivity contribution in [2.24, 2.45) is 0 Å². The molecular weight excluding hydrogens is 436 g/mol. The van der Waals surface area contributed by atoms with Gasteiger partial charge in [-0.1, -0.05) is 17.8 Å². The van der Waals surface area contributed by atoms with Gasteiger partial charge < -0.3 is 9.64 Å². The van der Waals surface area contributed by atoms with Gasteiger partial charge in [-0.3, -0.25) is 4.79 Å². The summed E-state index contributed by atoms with van der Waals surface area (Å²) >= 11 is 2.13. The molecule has 0 fully saturated rings. The molecule has 0 atom stereocenters. The maximum atomic E-state index is 13.1. The third kappa shape index (κ3) is 4.20. The number of unbranched alkanes of at least 4 members (excludes halogenated alkanes) is 1. The van der Waals surface area contributed by atoms with Crippen LogP contribution in [0.1, 0.15) is 51.1 Å². The number of hydrogen-bond acceptors (Lipinski definition) is 9. The lowest BCUT2D eigenvalue weighted by molar-refractivity contribution is 0.0595. The van der Waals surface area contributed by atoms with Crippen LogP contribution in [0.15, 0.2) is 9.59 Å². The van der Waals surface area contributed by atoms with E-state index in [1.807, 2.05) is 6.92 Å². The topological polar surface area (TPSA) is 110 Å². The Morgan fingerprint density at radius 2 is 2.14 bits per heavy atom. The first kappa shape index (κ1) is 21.8. The number of methoxy groups -OCH3 is 1. The van der Waals surface area contributed by atoms with Crippen molar-refractivity contribution >= 4 is 44.8 Å². The van der Waals surface area contributed by atoms with Gasteiger partial charge in [0, 0.05) is 30.4 Å². The molecule has 12 heteroatoms. The molecule has 1 aliphatic rings. The van der Waals surface area contributed by atoms with Crippen LogP contribution in [0.3, 0.4) is 0 Å². The minimum atomic E-state index is -3.85. The number of thiophene rings is 1. The molecule has 0 unspecified atom stereocenters. The fraction of sp³-hybridized carbons (Fsp3) is 0.529. The molecule has 1 aliphatic heterocycles. The highest BCUT2D eigenvalue weighted by molar-refractivity contribution is 7.91. The molecule has 3 heterocycles. The summed E-state index contributed by atoms with van der Waals surface area (Å²) in [5.41, 5.74) is 0.999. The fourth-order valence-electron chi connectivity index (χ4n) is 3.10. The van der Waals surface area contributed by atoms with Crippen molar-refractivity contribution in [3.63, 3.8) is 0 Å². The van der Waals surface area contributed by atoms with E-state index in [0.717, 1.165) is 35.7 Å². The summed E-state index contributed by atoms with van der Waals surface area (Å²) in [4.78, 5) is 27.3. The summed E-state index contributed by atoms with van der Waals surface area (Å²) in [5, 5.41) is 5.38. The molecule has 158 valence electrons. The van der Waals surface area contributed by atoms with Gasteiger partial charge in [-0.2, -0.15) is 0 Å². The van der Waals surface area contributed by atoms with Gasteiger partial charge in [0.2, 0.25) is 0 Å². The number of rotatable bonds is 7. The van der Waals surface area contributed by atoms with Crippen molar-refractivity contribution in [2.45, 2.75) is 36.9 Å². The van der Waals surface area contributed by atoms with Crippen molar-refractivity contribution < 1.29 is 22.7 Å². The van der Waals surface area contributed by atoms with Crippen LogP contribution in [0, 0.1) is 0 Å². The van der Waals surface area contributed by atoms with Crippen LogP contribution in [0.25, 0.3) is 0 Å². The first-order valence-corrected chi connectivity index (χ1v) is 12.2. The highest BCUT2D eigenvalue weighted by atomic mass is 32.2. The SMILES string of the molecule is CCCCN(C)S(=O)(=O)c1sc2c(c1C(=O)OC)CCN(C(=O)c1csnn1)C2. The van der Waals surface area contributed by atoms with E-state index in [9.17, 15) is 18.0 Å². The van der Waals surface area contributed by atoms with E-state index in [-0.39, 0.29) is 27.9 Å². The average molecular weight is 459 g/mol. The number of nitrogens with zero attached hydrogens (tertiary/aromatic N) is 4. The van der Waals surface area contributed by atoms with E-state index < -0.39 is 16.0 Å². The Morgan fingerprint density at radius 3 is 2.76 bits per heavy atom. The van der Waals surface area contributed by atoms with Crippen LogP contribution >= 0.6 is 22.9 Å². The van der Waals surface area contributed by atoms with Gasteiger partial charge in [0.05, 0.1) is 19.2 Å². The van der Waals surface area contributed by atoms with E-state index in [4.69, 9.17) is 4.74 Å². The van der Waals surface area contributed by atoms with Crippen LogP contribution < -0.4 is 0 Å². The molecule has 0 radical (unpaired) electrons. The lowest BCUT2D eigenvalue weighted by Gasteiger charge is -2.26. The highest BCUT2D eigenvalue weighted by Gasteiger charge is 2.36. The van der Waals surface area contributed by atoms with Crippen molar-refractivity contribution in [3.05, 3.63) is 27.1 Å². The molecule has 2 aromatic rings. The zero-order valence-corrected chi connectivity index (χ0v) is 18.8. The Morgan fingerprint density at radius 1 is 1.38 bits per heavy atom. The van der Waals surface area contributed by atoms with Gasteiger partial charge in [-0.25, -0.2) is 17.5 Å². The number of ether oxygens (including phenoxy) is 1. The summed E-state index contributed by atoms with van der Waals surface area (Å²) in [5.74, 6) is -0.935. The molecule has 0 spiro atoms. The van der Waals surface area contributed by atoms with Crippen LogP contribution in [0.5, 0.6) is 0 Å². The number of amides is 1. The zero-order valence-electron chi connectivity index (χ0n) is 16.4. The normalized spacial score (nSPS) is 14.1. The molecule has 0 aliphatic carbocycles. The van der Waals surface area contributed by atoms with E-state index in [2.05, 4.69) is 9.59 Å². The fourth-order valence-corrected chi connectivity index (χ4v) is 6.84. The maximum Gasteiger partial charge on any atom is 0.340 e. The third-order valence-corrected chi connectivity index (χ3v) is 8.83. The van der Waals surface area contributed by atoms with Crippen molar-refractivity contribution in [3.8, 4) is 0 Å². The molecule has 0 aromatic carbocycles. The second-order valence-electron chi connectivity index (χ2n) is 6.60. The second kappa shape index (κ2) is 8.86. The van der Waals surface area contributed by atoms with Gasteiger partial charge in [-0.05, 0) is 29.9 Å². The Balaban J connectivity index is 1.98. The number of aromatic nitrogens is 2. The standard InChI is InChI=1S/C17H22N4O5S3/c1-4-5-7-20(2)29(24,25)17-14(16(23)26-3)11-6-8-21(9-13(11)28-17)15(22)12-10-27-19-18-12/h10H,4-9H2,1-3H3. The van der Waals surface area contributed by atoms with Crippen LogP contribution in [-0.2, 0) is 27.7 Å². The number of sulfonamides is 1. The summed E-state index contributed by atoms with van der Waals surface area (Å²) in [7, 11) is -1.10. The third-order valence-electron chi connectivity index (χ3n) is 4.75. The van der Waals surface area contributed by atoms with Gasteiger partial charge in [0.25, 0.3) is 15.9 Å². The molecule has 2 aromatic heterocycles. The smallest absolute Gasteiger partial charge is 0.340 e. The van der Waals surface area contributed by atoms with Gasteiger partial charge in [0.15, 0.2) is 5.69 Å². The number of esters is 1. The summed E-state index contributed by atoms with van der Waals surface area (Å²) in [6.07, 6.45) is 1.94. The molecule has 0 bridgehead atoms. The summed E-state index contributed by atoms with van der Waals surface area (Å²) in [6.45, 7) is 2.92. The molecule has 3 rings (SSSR count). The number of fused-ring (bicyclic) bond motifs is 1. The van der Waals surface area contributed by atoms with E-state index in [0.29, 0.717) is 30.0 Å². The zero-order chi connectivity index (χ0) is 21.2. The molecule has 29 heavy (non-hydrogen) atoms. The monoisotopic (exact) mass is 458 g/mol. The molecule has 9 nitrogen and oxygen atoms in total. The summed E-state index contributed by atoms with van der Waals surface area (Å²) < 4.78 is 36.1. The minimum absolute atomic E-state index is 0.0161. The highest BCUT2D eigenvalue weighted by Crippen LogP contribution is 2.38. The Bertz CT molecular complexity index is 1000. The van der Waals surface area contributed by atoms with Gasteiger partial charge in [-0.15, -0.1) is 16.4 Å². The quantitative estimate of drug-likeness (QED) is 0.584. The lowest BCUT2D eigenvalue weighted by Crippen LogP contribution is -2.36.